The first-order chi connectivity index (χ1) is 18.8. The molecule has 0 spiro atoms. The van der Waals surface area contributed by atoms with Gasteiger partial charge in [0.2, 0.25) is 17.0 Å². The lowest BCUT2D eigenvalue weighted by atomic mass is 10.1. The Kier molecular flexibility index (Phi) is 8.16. The summed E-state index contributed by atoms with van der Waals surface area (Å²) in [7, 11) is 0. The fourth-order valence-electron chi connectivity index (χ4n) is 5.29. The van der Waals surface area contributed by atoms with E-state index in [0.29, 0.717) is 37.8 Å². The third-order valence-electron chi connectivity index (χ3n) is 7.30. The van der Waals surface area contributed by atoms with Crippen molar-refractivity contribution in [2.75, 3.05) is 25.4 Å². The zero-order valence-corrected chi connectivity index (χ0v) is 23.9. The number of aromatic nitrogens is 4. The molecule has 0 aliphatic carbocycles. The van der Waals surface area contributed by atoms with Crippen LogP contribution in [-0.4, -0.2) is 72.8 Å². The number of hydrogen-bond donors (Lipinski definition) is 0. The molecule has 1 atom stereocenters. The Morgan fingerprint density at radius 3 is 2.67 bits per heavy atom. The van der Waals surface area contributed by atoms with Crippen molar-refractivity contribution in [3.05, 3.63) is 59.7 Å². The third kappa shape index (κ3) is 5.93. The van der Waals surface area contributed by atoms with Gasteiger partial charge in [-0.3, -0.25) is 9.59 Å². The number of para-hydroxylation sites is 1. The molecule has 5 rings (SSSR count). The quantitative estimate of drug-likeness (QED) is 0.231. The van der Waals surface area contributed by atoms with Crippen LogP contribution in [0.3, 0.4) is 0 Å². The fraction of sp³-hybridized carbons (Fsp3) is 0.433. The monoisotopic (exact) mass is 544 g/mol. The molecule has 0 saturated carbocycles. The molecule has 1 unspecified atom stereocenters. The van der Waals surface area contributed by atoms with E-state index in [1.165, 1.54) is 22.9 Å². The lowest BCUT2D eigenvalue weighted by molar-refractivity contribution is -0.144. The van der Waals surface area contributed by atoms with E-state index in [1.807, 2.05) is 42.7 Å². The number of amides is 2. The molecule has 2 amide bonds. The van der Waals surface area contributed by atoms with Gasteiger partial charge in [-0.2, -0.15) is 0 Å². The fourth-order valence-corrected chi connectivity index (χ4v) is 6.01. The second kappa shape index (κ2) is 11.7. The van der Waals surface area contributed by atoms with Crippen LogP contribution in [-0.2, 0) is 16.1 Å². The van der Waals surface area contributed by atoms with Crippen molar-refractivity contribution < 1.29 is 9.59 Å². The van der Waals surface area contributed by atoms with Gasteiger partial charge in [0.15, 0.2) is 5.65 Å². The molecule has 1 fully saturated rings. The SMILES string of the molecule is Cc1cccc(Cn2c3ccccc3c3nnc(SCCCC(=O)N4CCN(C(=O)C(C)C)C(C)C4)nc32)c1. The molecular formula is C30H36N6O2S. The highest BCUT2D eigenvalue weighted by molar-refractivity contribution is 7.99. The van der Waals surface area contributed by atoms with Crippen molar-refractivity contribution in [1.82, 2.24) is 29.5 Å². The molecular weight excluding hydrogens is 508 g/mol. The molecule has 0 N–H and O–H groups in total. The number of rotatable bonds is 8. The van der Waals surface area contributed by atoms with Crippen LogP contribution in [0.5, 0.6) is 0 Å². The van der Waals surface area contributed by atoms with Gasteiger partial charge in [-0.15, -0.1) is 10.2 Å². The minimum atomic E-state index is -0.0218. The molecule has 3 heterocycles. The minimum absolute atomic E-state index is 0.0218. The topological polar surface area (TPSA) is 84.2 Å². The van der Waals surface area contributed by atoms with E-state index < -0.39 is 0 Å². The first-order valence-corrected chi connectivity index (χ1v) is 14.7. The summed E-state index contributed by atoms with van der Waals surface area (Å²) in [5, 5.41) is 10.6. The molecule has 4 aromatic rings. The largest absolute Gasteiger partial charge is 0.339 e. The first-order valence-electron chi connectivity index (χ1n) is 13.7. The second-order valence-electron chi connectivity index (χ2n) is 10.7. The molecule has 1 aliphatic rings. The molecule has 1 saturated heterocycles. The highest BCUT2D eigenvalue weighted by Gasteiger charge is 2.30. The van der Waals surface area contributed by atoms with Gasteiger partial charge in [0.05, 0.1) is 5.52 Å². The second-order valence-corrected chi connectivity index (χ2v) is 11.7. The van der Waals surface area contributed by atoms with Gasteiger partial charge < -0.3 is 14.4 Å². The predicted octanol–water partition coefficient (Wildman–Crippen LogP) is 4.92. The maximum absolute atomic E-state index is 12.8. The normalized spacial score (nSPS) is 16.0. The molecule has 8 nitrogen and oxygen atoms in total. The van der Waals surface area contributed by atoms with Crippen LogP contribution >= 0.6 is 11.8 Å². The van der Waals surface area contributed by atoms with Crippen molar-refractivity contribution in [2.45, 2.75) is 58.3 Å². The average molecular weight is 545 g/mol. The summed E-state index contributed by atoms with van der Waals surface area (Å²) in [6.07, 6.45) is 1.21. The van der Waals surface area contributed by atoms with Gasteiger partial charge in [0.25, 0.3) is 0 Å². The molecule has 2 aromatic heterocycles. The molecule has 0 radical (unpaired) electrons. The zero-order chi connectivity index (χ0) is 27.5. The van der Waals surface area contributed by atoms with Gasteiger partial charge in [0.1, 0.15) is 5.52 Å². The van der Waals surface area contributed by atoms with E-state index in [2.05, 4.69) is 58.1 Å². The molecule has 2 aromatic carbocycles. The Morgan fingerprint density at radius 1 is 1.08 bits per heavy atom. The summed E-state index contributed by atoms with van der Waals surface area (Å²) in [4.78, 5) is 33.9. The van der Waals surface area contributed by atoms with Crippen LogP contribution in [0.25, 0.3) is 22.1 Å². The van der Waals surface area contributed by atoms with E-state index in [9.17, 15) is 9.59 Å². The van der Waals surface area contributed by atoms with Crippen molar-refractivity contribution >= 4 is 45.6 Å². The van der Waals surface area contributed by atoms with Crippen LogP contribution in [0.1, 0.15) is 44.7 Å². The number of carbonyl (C=O) groups excluding carboxylic acids is 2. The summed E-state index contributed by atoms with van der Waals surface area (Å²) in [6.45, 7) is 10.5. The smallest absolute Gasteiger partial charge is 0.225 e. The number of benzene rings is 2. The van der Waals surface area contributed by atoms with Crippen molar-refractivity contribution in [3.63, 3.8) is 0 Å². The van der Waals surface area contributed by atoms with Crippen molar-refractivity contribution in [2.24, 2.45) is 5.92 Å². The standard InChI is InChI=1S/C30H36N6O2S/c1-20(2)29(38)35-15-14-34(18-22(35)4)26(37)13-8-16-39-30-31-28-27(32-33-30)24-11-5-6-12-25(24)36(28)19-23-10-7-9-21(3)17-23/h5-7,9-12,17,20,22H,8,13-16,18-19H2,1-4H3. The molecule has 39 heavy (non-hydrogen) atoms. The van der Waals surface area contributed by atoms with Crippen LogP contribution in [0, 0.1) is 12.8 Å². The van der Waals surface area contributed by atoms with Gasteiger partial charge in [-0.05, 0) is 31.9 Å². The van der Waals surface area contributed by atoms with E-state index in [4.69, 9.17) is 4.98 Å². The number of carbonyl (C=O) groups is 2. The Hall–Kier alpha value is -3.46. The van der Waals surface area contributed by atoms with Gasteiger partial charge >= 0.3 is 0 Å². The Labute approximate surface area is 233 Å². The Bertz CT molecular complexity index is 1500. The molecule has 9 heteroatoms. The summed E-state index contributed by atoms with van der Waals surface area (Å²) in [5.74, 6) is 1.02. The minimum Gasteiger partial charge on any atom is -0.339 e. The summed E-state index contributed by atoms with van der Waals surface area (Å²) in [5.41, 5.74) is 5.17. The average Bonchev–Trinajstić information content (AvgIpc) is 3.23. The lowest BCUT2D eigenvalue weighted by Gasteiger charge is -2.40. The predicted molar refractivity (Wildman–Crippen MR) is 156 cm³/mol. The number of fused-ring (bicyclic) bond motifs is 3. The number of nitrogens with zero attached hydrogens (tertiary/aromatic N) is 6. The third-order valence-corrected chi connectivity index (χ3v) is 8.22. The number of aryl methyl sites for hydroxylation is 1. The van der Waals surface area contributed by atoms with Crippen molar-refractivity contribution in [3.8, 4) is 0 Å². The summed E-state index contributed by atoms with van der Waals surface area (Å²) in [6, 6.07) is 16.8. The zero-order valence-electron chi connectivity index (χ0n) is 23.1. The number of thioether (sulfide) groups is 1. The highest BCUT2D eigenvalue weighted by Crippen LogP contribution is 2.28. The summed E-state index contributed by atoms with van der Waals surface area (Å²) >= 11 is 1.54. The van der Waals surface area contributed by atoms with Gasteiger partial charge in [-0.25, -0.2) is 4.98 Å². The van der Waals surface area contributed by atoms with E-state index in [-0.39, 0.29) is 23.8 Å². The number of hydrogen-bond acceptors (Lipinski definition) is 6. The highest BCUT2D eigenvalue weighted by atomic mass is 32.2. The Morgan fingerprint density at radius 2 is 1.90 bits per heavy atom. The van der Waals surface area contributed by atoms with Crippen LogP contribution in [0.2, 0.25) is 0 Å². The van der Waals surface area contributed by atoms with E-state index in [1.54, 1.807) is 0 Å². The van der Waals surface area contributed by atoms with E-state index >= 15 is 0 Å². The molecule has 0 bridgehead atoms. The Balaban J connectivity index is 1.22. The number of piperazine rings is 1. The van der Waals surface area contributed by atoms with Gasteiger partial charge in [0, 0.05) is 55.7 Å². The maximum Gasteiger partial charge on any atom is 0.225 e. The van der Waals surface area contributed by atoms with Crippen molar-refractivity contribution in [1.29, 1.82) is 0 Å². The van der Waals surface area contributed by atoms with Gasteiger partial charge in [-0.1, -0.05) is 73.6 Å². The molecule has 1 aliphatic heterocycles. The first kappa shape index (κ1) is 27.1. The molecule has 204 valence electrons. The maximum atomic E-state index is 12.8. The van der Waals surface area contributed by atoms with Crippen LogP contribution < -0.4 is 0 Å². The summed E-state index contributed by atoms with van der Waals surface area (Å²) < 4.78 is 2.21. The van der Waals surface area contributed by atoms with Crippen LogP contribution in [0.15, 0.2) is 53.7 Å². The van der Waals surface area contributed by atoms with Crippen LogP contribution in [0.4, 0.5) is 0 Å². The lowest BCUT2D eigenvalue weighted by Crippen LogP contribution is -2.56. The van der Waals surface area contributed by atoms with E-state index in [0.717, 1.165) is 34.2 Å².